The highest BCUT2D eigenvalue weighted by Crippen LogP contribution is 2.30. The Bertz CT molecular complexity index is 724. The number of carbonyl (C=O) groups is 3. The summed E-state index contributed by atoms with van der Waals surface area (Å²) in [6.45, 7) is 7.26. The van der Waals surface area contributed by atoms with E-state index in [1.165, 1.54) is 6.42 Å². The SMILES string of the molecule is CC1=C(C)C(=O)C(c2ccccc2)=C(C)C1=O.CCCCCCC(=O)O. The Kier molecular flexibility index (Phi) is 8.70. The maximum atomic E-state index is 12.2. The molecule has 4 nitrogen and oxygen atoms in total. The first-order valence-corrected chi connectivity index (χ1v) is 9.06. The molecule has 140 valence electrons. The van der Waals surface area contributed by atoms with Crippen molar-refractivity contribution in [2.24, 2.45) is 0 Å². The lowest BCUT2D eigenvalue weighted by molar-refractivity contribution is -0.137. The van der Waals surface area contributed by atoms with E-state index in [1.807, 2.05) is 30.3 Å². The summed E-state index contributed by atoms with van der Waals surface area (Å²) >= 11 is 0. The standard InChI is InChI=1S/C15H14O2.C7H14O2/c1-9-10(2)15(17)13(11(3)14(9)16)12-7-5-4-6-8-12;1-2-3-4-5-6-7(8)9/h4-8H,1-3H3;2-6H2,1H3,(H,8,9). The average Bonchev–Trinajstić information content (AvgIpc) is 2.63. The van der Waals surface area contributed by atoms with Crippen molar-refractivity contribution < 1.29 is 19.5 Å². The van der Waals surface area contributed by atoms with Crippen LogP contribution in [0, 0.1) is 0 Å². The van der Waals surface area contributed by atoms with Crippen LogP contribution in [0.25, 0.3) is 5.57 Å². The number of carbonyl (C=O) groups excluding carboxylic acids is 2. The zero-order valence-corrected chi connectivity index (χ0v) is 16.1. The van der Waals surface area contributed by atoms with Crippen LogP contribution in [0.1, 0.15) is 65.4 Å². The molecule has 0 atom stereocenters. The van der Waals surface area contributed by atoms with Crippen LogP contribution >= 0.6 is 0 Å². The fourth-order valence-electron chi connectivity index (χ4n) is 2.75. The van der Waals surface area contributed by atoms with Crippen molar-refractivity contribution in [2.75, 3.05) is 0 Å². The average molecular weight is 356 g/mol. The van der Waals surface area contributed by atoms with Gasteiger partial charge in [0.25, 0.3) is 0 Å². The first-order valence-electron chi connectivity index (χ1n) is 9.06. The summed E-state index contributed by atoms with van der Waals surface area (Å²) in [6.07, 6.45) is 4.55. The largest absolute Gasteiger partial charge is 0.481 e. The summed E-state index contributed by atoms with van der Waals surface area (Å²) in [4.78, 5) is 34.2. The van der Waals surface area contributed by atoms with E-state index in [2.05, 4.69) is 6.92 Å². The molecule has 0 unspecified atom stereocenters. The summed E-state index contributed by atoms with van der Waals surface area (Å²) in [5.41, 5.74) is 3.02. The van der Waals surface area contributed by atoms with Gasteiger partial charge in [0.05, 0.1) is 0 Å². The Balaban J connectivity index is 0.000000321. The Labute approximate surface area is 155 Å². The van der Waals surface area contributed by atoms with Crippen molar-refractivity contribution in [1.29, 1.82) is 0 Å². The van der Waals surface area contributed by atoms with E-state index in [4.69, 9.17) is 5.11 Å². The topological polar surface area (TPSA) is 71.4 Å². The van der Waals surface area contributed by atoms with Gasteiger partial charge in [-0.15, -0.1) is 0 Å². The van der Waals surface area contributed by atoms with Crippen LogP contribution < -0.4 is 0 Å². The van der Waals surface area contributed by atoms with Crippen molar-refractivity contribution >= 4 is 23.1 Å². The zero-order valence-electron chi connectivity index (χ0n) is 16.1. The van der Waals surface area contributed by atoms with E-state index in [1.54, 1.807) is 20.8 Å². The molecule has 0 fully saturated rings. The van der Waals surface area contributed by atoms with Crippen molar-refractivity contribution in [3.05, 3.63) is 52.6 Å². The van der Waals surface area contributed by atoms with Crippen LogP contribution in [0.2, 0.25) is 0 Å². The van der Waals surface area contributed by atoms with Crippen LogP contribution in [-0.2, 0) is 14.4 Å². The second kappa shape index (κ2) is 10.5. The fraction of sp³-hybridized carbons (Fsp3) is 0.409. The first kappa shape index (κ1) is 21.6. The van der Waals surface area contributed by atoms with E-state index in [0.717, 1.165) is 24.8 Å². The first-order chi connectivity index (χ1) is 12.3. The van der Waals surface area contributed by atoms with Gasteiger partial charge in [0.1, 0.15) is 0 Å². The van der Waals surface area contributed by atoms with Crippen LogP contribution in [0.5, 0.6) is 0 Å². The van der Waals surface area contributed by atoms with Gasteiger partial charge in [-0.05, 0) is 32.8 Å². The highest BCUT2D eigenvalue weighted by atomic mass is 16.4. The van der Waals surface area contributed by atoms with Gasteiger partial charge in [-0.2, -0.15) is 0 Å². The van der Waals surface area contributed by atoms with Crippen LogP contribution in [0.4, 0.5) is 0 Å². The molecule has 0 heterocycles. The second-order valence-electron chi connectivity index (χ2n) is 6.48. The Morgan fingerprint density at radius 1 is 0.846 bits per heavy atom. The van der Waals surface area contributed by atoms with Crippen LogP contribution in [0.3, 0.4) is 0 Å². The molecule has 0 radical (unpaired) electrons. The molecule has 1 N–H and O–H groups in total. The molecule has 0 aliphatic heterocycles. The molecule has 26 heavy (non-hydrogen) atoms. The lowest BCUT2D eigenvalue weighted by Crippen LogP contribution is -2.19. The fourth-order valence-corrected chi connectivity index (χ4v) is 2.75. The smallest absolute Gasteiger partial charge is 0.303 e. The van der Waals surface area contributed by atoms with Crippen molar-refractivity contribution in [2.45, 2.75) is 59.8 Å². The third kappa shape index (κ3) is 5.80. The molecule has 0 bridgehead atoms. The van der Waals surface area contributed by atoms with Crippen molar-refractivity contribution in [1.82, 2.24) is 0 Å². The molecule has 2 rings (SSSR count). The normalized spacial score (nSPS) is 14.3. The predicted molar refractivity (Wildman–Crippen MR) is 104 cm³/mol. The van der Waals surface area contributed by atoms with Gasteiger partial charge in [-0.1, -0.05) is 56.5 Å². The number of carboxylic acid groups (broad SMARTS) is 1. The predicted octanol–water partition coefficient (Wildman–Crippen LogP) is 4.99. The van der Waals surface area contributed by atoms with Crippen LogP contribution in [0.15, 0.2) is 47.1 Å². The molecule has 1 aromatic carbocycles. The third-order valence-corrected chi connectivity index (χ3v) is 4.49. The lowest BCUT2D eigenvalue weighted by atomic mass is 9.83. The van der Waals surface area contributed by atoms with Gasteiger partial charge in [0.15, 0.2) is 11.6 Å². The number of hydrogen-bond acceptors (Lipinski definition) is 3. The number of allylic oxidation sites excluding steroid dienone is 4. The molecule has 0 spiro atoms. The van der Waals surface area contributed by atoms with Gasteiger partial charge in [0.2, 0.25) is 0 Å². The number of Topliss-reactive ketones (excluding diaryl/α,β-unsaturated/α-hetero) is 2. The number of ketones is 2. The van der Waals surface area contributed by atoms with Crippen molar-refractivity contribution in [3.63, 3.8) is 0 Å². The molecule has 0 aromatic heterocycles. The number of rotatable bonds is 6. The van der Waals surface area contributed by atoms with Gasteiger partial charge < -0.3 is 5.11 Å². The minimum Gasteiger partial charge on any atom is -0.481 e. The van der Waals surface area contributed by atoms with Gasteiger partial charge >= 0.3 is 5.97 Å². The third-order valence-electron chi connectivity index (χ3n) is 4.49. The Morgan fingerprint density at radius 3 is 1.96 bits per heavy atom. The highest BCUT2D eigenvalue weighted by molar-refractivity contribution is 6.39. The Hall–Kier alpha value is -2.49. The number of hydrogen-bond donors (Lipinski definition) is 1. The summed E-state index contributed by atoms with van der Waals surface area (Å²) < 4.78 is 0. The van der Waals surface area contributed by atoms with E-state index in [-0.39, 0.29) is 11.6 Å². The minimum absolute atomic E-state index is 0.0269. The van der Waals surface area contributed by atoms with Crippen molar-refractivity contribution in [3.8, 4) is 0 Å². The minimum atomic E-state index is -0.675. The summed E-state index contributed by atoms with van der Waals surface area (Å²) in [7, 11) is 0. The lowest BCUT2D eigenvalue weighted by Gasteiger charge is -2.18. The van der Waals surface area contributed by atoms with Gasteiger partial charge in [0, 0.05) is 28.7 Å². The van der Waals surface area contributed by atoms with E-state index in [9.17, 15) is 14.4 Å². The van der Waals surface area contributed by atoms with Gasteiger partial charge in [-0.25, -0.2) is 0 Å². The summed E-state index contributed by atoms with van der Waals surface area (Å²) in [6, 6.07) is 9.35. The maximum absolute atomic E-state index is 12.2. The monoisotopic (exact) mass is 356 g/mol. The molecular weight excluding hydrogens is 328 g/mol. The Morgan fingerprint density at radius 2 is 1.42 bits per heavy atom. The molecule has 0 amide bonds. The zero-order chi connectivity index (χ0) is 19.7. The quantitative estimate of drug-likeness (QED) is 0.576. The van der Waals surface area contributed by atoms with Gasteiger partial charge in [-0.3, -0.25) is 14.4 Å². The molecular formula is C22H28O4. The number of carboxylic acids is 1. The molecule has 0 saturated carbocycles. The number of aliphatic carboxylic acids is 1. The molecule has 1 aromatic rings. The maximum Gasteiger partial charge on any atom is 0.303 e. The highest BCUT2D eigenvalue weighted by Gasteiger charge is 2.28. The molecule has 1 aliphatic carbocycles. The molecule has 1 aliphatic rings. The molecule has 0 saturated heterocycles. The van der Waals surface area contributed by atoms with E-state index >= 15 is 0 Å². The van der Waals surface area contributed by atoms with E-state index in [0.29, 0.717) is 28.7 Å². The van der Waals surface area contributed by atoms with Crippen LogP contribution in [-0.4, -0.2) is 22.6 Å². The number of unbranched alkanes of at least 4 members (excludes halogenated alkanes) is 3. The second-order valence-corrected chi connectivity index (χ2v) is 6.48. The molecule has 4 heteroatoms. The van der Waals surface area contributed by atoms with E-state index < -0.39 is 5.97 Å². The summed E-state index contributed by atoms with van der Waals surface area (Å²) in [5.74, 6) is -0.738. The number of benzene rings is 1. The summed E-state index contributed by atoms with van der Waals surface area (Å²) in [5, 5.41) is 8.21.